The summed E-state index contributed by atoms with van der Waals surface area (Å²) in [6.07, 6.45) is 1.38. The molecule has 0 saturated heterocycles. The summed E-state index contributed by atoms with van der Waals surface area (Å²) in [4.78, 5) is 31.2. The zero-order valence-corrected chi connectivity index (χ0v) is 16.9. The maximum atomic E-state index is 13.1. The van der Waals surface area contributed by atoms with Gasteiger partial charge in [0.15, 0.2) is 0 Å². The highest BCUT2D eigenvalue weighted by Gasteiger charge is 2.16. The van der Waals surface area contributed by atoms with Crippen LogP contribution in [0.25, 0.3) is 21.3 Å². The summed E-state index contributed by atoms with van der Waals surface area (Å²) in [5.74, 6) is -0.691. The molecule has 0 unspecified atom stereocenters. The number of hydrogen-bond acceptors (Lipinski definition) is 4. The zero-order valence-electron chi connectivity index (χ0n) is 15.3. The third-order valence-electron chi connectivity index (χ3n) is 4.60. The van der Waals surface area contributed by atoms with Crippen molar-refractivity contribution in [2.75, 3.05) is 11.9 Å². The number of thiophene rings is 1. The van der Waals surface area contributed by atoms with Crippen molar-refractivity contribution < 1.29 is 9.18 Å². The lowest BCUT2D eigenvalue weighted by molar-refractivity contribution is -0.118. The normalized spacial score (nSPS) is 11.0. The Bertz CT molecular complexity index is 1250. The summed E-state index contributed by atoms with van der Waals surface area (Å²) in [6.45, 7) is -0.163. The first-order valence-corrected chi connectivity index (χ1v) is 9.94. The van der Waals surface area contributed by atoms with E-state index in [0.717, 1.165) is 11.1 Å². The number of aromatic nitrogens is 2. The van der Waals surface area contributed by atoms with E-state index in [-0.39, 0.29) is 23.8 Å². The van der Waals surface area contributed by atoms with Gasteiger partial charge in [-0.2, -0.15) is 0 Å². The van der Waals surface area contributed by atoms with Gasteiger partial charge in [0.25, 0.3) is 5.56 Å². The molecular formula is C21H15ClFN3O2S. The fraction of sp³-hybridized carbons (Fsp3) is 0.0952. The number of rotatable bonds is 4. The van der Waals surface area contributed by atoms with Crippen LogP contribution < -0.4 is 10.5 Å². The van der Waals surface area contributed by atoms with Crippen LogP contribution in [0.2, 0.25) is 5.02 Å². The molecule has 0 spiro atoms. The van der Waals surface area contributed by atoms with Crippen LogP contribution in [0.4, 0.5) is 10.1 Å². The van der Waals surface area contributed by atoms with Gasteiger partial charge in [0, 0.05) is 28.7 Å². The third kappa shape index (κ3) is 3.79. The standard InChI is InChI=1S/C21H15ClFN3O2S/c1-25(16-8-6-15(23)7-9-16)18(27)10-26-12-24-19-17(11-29-20(19)21(26)28)13-2-4-14(22)5-3-13/h2-9,11-12H,10H2,1H3. The highest BCUT2D eigenvalue weighted by Crippen LogP contribution is 2.31. The third-order valence-corrected chi connectivity index (χ3v) is 5.80. The van der Waals surface area contributed by atoms with E-state index in [1.165, 1.54) is 51.4 Å². The van der Waals surface area contributed by atoms with E-state index in [0.29, 0.717) is 20.9 Å². The number of halogens is 2. The number of fused-ring (bicyclic) bond motifs is 1. The lowest BCUT2D eigenvalue weighted by Gasteiger charge is -2.17. The van der Waals surface area contributed by atoms with Crippen LogP contribution in [0.1, 0.15) is 0 Å². The van der Waals surface area contributed by atoms with Gasteiger partial charge in [0.2, 0.25) is 5.91 Å². The average molecular weight is 428 g/mol. The van der Waals surface area contributed by atoms with Crippen LogP contribution >= 0.6 is 22.9 Å². The second-order valence-electron chi connectivity index (χ2n) is 6.44. The zero-order chi connectivity index (χ0) is 20.5. The van der Waals surface area contributed by atoms with Gasteiger partial charge in [-0.3, -0.25) is 14.2 Å². The van der Waals surface area contributed by atoms with Crippen LogP contribution in [0, 0.1) is 5.82 Å². The predicted octanol–water partition coefficient (Wildman–Crippen LogP) is 4.58. The molecule has 4 aromatic rings. The first-order valence-electron chi connectivity index (χ1n) is 8.69. The molecule has 5 nitrogen and oxygen atoms in total. The smallest absolute Gasteiger partial charge is 0.271 e. The summed E-state index contributed by atoms with van der Waals surface area (Å²) < 4.78 is 14.8. The monoisotopic (exact) mass is 427 g/mol. The van der Waals surface area contributed by atoms with E-state index >= 15 is 0 Å². The van der Waals surface area contributed by atoms with Crippen molar-refractivity contribution in [1.29, 1.82) is 0 Å². The molecule has 0 aliphatic carbocycles. The molecule has 1 amide bonds. The number of hydrogen-bond donors (Lipinski definition) is 0. The van der Waals surface area contributed by atoms with Crippen LogP contribution in [-0.2, 0) is 11.3 Å². The number of nitrogens with zero attached hydrogens (tertiary/aromatic N) is 3. The number of likely N-dealkylation sites (N-methyl/N-ethyl adjacent to an activating group) is 1. The van der Waals surface area contributed by atoms with Crippen LogP contribution in [-0.4, -0.2) is 22.5 Å². The van der Waals surface area contributed by atoms with Gasteiger partial charge < -0.3 is 4.90 Å². The van der Waals surface area contributed by atoms with Crippen molar-refractivity contribution in [3.05, 3.63) is 81.4 Å². The number of carbonyl (C=O) groups excluding carboxylic acids is 1. The molecule has 0 aliphatic heterocycles. The molecule has 0 aliphatic rings. The molecule has 0 fully saturated rings. The first-order chi connectivity index (χ1) is 13.9. The topological polar surface area (TPSA) is 55.2 Å². The Morgan fingerprint density at radius 2 is 1.86 bits per heavy atom. The van der Waals surface area contributed by atoms with Crippen molar-refractivity contribution >= 4 is 44.7 Å². The molecule has 2 aromatic heterocycles. The Kier molecular flexibility index (Phi) is 5.17. The van der Waals surface area contributed by atoms with E-state index in [1.807, 2.05) is 17.5 Å². The van der Waals surface area contributed by atoms with Gasteiger partial charge in [-0.15, -0.1) is 11.3 Å². The fourth-order valence-electron chi connectivity index (χ4n) is 2.95. The molecule has 0 N–H and O–H groups in total. The predicted molar refractivity (Wildman–Crippen MR) is 114 cm³/mol. The van der Waals surface area contributed by atoms with E-state index in [9.17, 15) is 14.0 Å². The Balaban J connectivity index is 1.63. The molecule has 0 bridgehead atoms. The summed E-state index contributed by atoms with van der Waals surface area (Å²) in [5, 5.41) is 2.51. The van der Waals surface area contributed by atoms with Crippen molar-refractivity contribution in [3.8, 4) is 11.1 Å². The minimum atomic E-state index is -0.380. The van der Waals surface area contributed by atoms with E-state index in [2.05, 4.69) is 4.98 Å². The Hall–Kier alpha value is -3.03. The minimum absolute atomic E-state index is 0.163. The van der Waals surface area contributed by atoms with E-state index in [4.69, 9.17) is 11.6 Å². The minimum Gasteiger partial charge on any atom is -0.314 e. The Morgan fingerprint density at radius 1 is 1.17 bits per heavy atom. The number of amides is 1. The molecule has 146 valence electrons. The summed E-state index contributed by atoms with van der Waals surface area (Å²) in [6, 6.07) is 12.9. The molecule has 0 radical (unpaired) electrons. The molecule has 0 atom stereocenters. The molecule has 29 heavy (non-hydrogen) atoms. The van der Waals surface area contributed by atoms with Crippen molar-refractivity contribution in [3.63, 3.8) is 0 Å². The molecule has 0 saturated carbocycles. The SMILES string of the molecule is CN(C(=O)Cn1cnc2c(-c3ccc(Cl)cc3)csc2c1=O)c1ccc(F)cc1. The lowest BCUT2D eigenvalue weighted by atomic mass is 10.1. The van der Waals surface area contributed by atoms with Crippen molar-refractivity contribution in [1.82, 2.24) is 9.55 Å². The largest absolute Gasteiger partial charge is 0.314 e. The van der Waals surface area contributed by atoms with Crippen LogP contribution in [0.3, 0.4) is 0 Å². The first kappa shape index (κ1) is 19.3. The van der Waals surface area contributed by atoms with Gasteiger partial charge in [0.05, 0.1) is 11.8 Å². The summed E-state index contributed by atoms with van der Waals surface area (Å²) >= 11 is 7.23. The molecular weight excluding hydrogens is 413 g/mol. The lowest BCUT2D eigenvalue weighted by Crippen LogP contribution is -2.33. The van der Waals surface area contributed by atoms with Crippen LogP contribution in [0.5, 0.6) is 0 Å². The number of benzene rings is 2. The van der Waals surface area contributed by atoms with Gasteiger partial charge in [-0.1, -0.05) is 23.7 Å². The maximum absolute atomic E-state index is 13.1. The highest BCUT2D eigenvalue weighted by molar-refractivity contribution is 7.17. The van der Waals surface area contributed by atoms with Crippen molar-refractivity contribution in [2.24, 2.45) is 0 Å². The van der Waals surface area contributed by atoms with Crippen LogP contribution in [0.15, 0.2) is 65.0 Å². The van der Waals surface area contributed by atoms with E-state index in [1.54, 1.807) is 19.2 Å². The quantitative estimate of drug-likeness (QED) is 0.479. The highest BCUT2D eigenvalue weighted by atomic mass is 35.5. The second kappa shape index (κ2) is 7.77. The molecule has 8 heteroatoms. The van der Waals surface area contributed by atoms with E-state index < -0.39 is 0 Å². The Morgan fingerprint density at radius 3 is 2.55 bits per heavy atom. The number of carbonyl (C=O) groups is 1. The molecule has 2 aromatic carbocycles. The molecule has 2 heterocycles. The maximum Gasteiger partial charge on any atom is 0.271 e. The summed E-state index contributed by atoms with van der Waals surface area (Å²) in [5.41, 5.74) is 2.62. The Labute approximate surface area is 174 Å². The fourth-order valence-corrected chi connectivity index (χ4v) is 4.05. The van der Waals surface area contributed by atoms with Gasteiger partial charge in [-0.25, -0.2) is 9.37 Å². The second-order valence-corrected chi connectivity index (χ2v) is 7.76. The summed E-state index contributed by atoms with van der Waals surface area (Å²) in [7, 11) is 1.58. The average Bonchev–Trinajstić information content (AvgIpc) is 3.15. The van der Waals surface area contributed by atoms with Crippen molar-refractivity contribution in [2.45, 2.75) is 6.54 Å². The number of anilines is 1. The molecule has 4 rings (SSSR count). The van der Waals surface area contributed by atoms with Gasteiger partial charge in [-0.05, 0) is 42.0 Å². The van der Waals surface area contributed by atoms with Gasteiger partial charge >= 0.3 is 0 Å². The van der Waals surface area contributed by atoms with Gasteiger partial charge in [0.1, 0.15) is 17.1 Å².